The molecule has 5 nitrogen and oxygen atoms in total. The first kappa shape index (κ1) is 24.8. The summed E-state index contributed by atoms with van der Waals surface area (Å²) in [6, 6.07) is 32.0. The number of ether oxygens (including phenoxy) is 1. The molecule has 0 spiro atoms. The number of thiocarbonyl (C=S) groups is 1. The monoisotopic (exact) mass is 534 g/mol. The lowest BCUT2D eigenvalue weighted by molar-refractivity contribution is 0.482. The van der Waals surface area contributed by atoms with Gasteiger partial charge in [-0.25, -0.2) is 4.39 Å². The van der Waals surface area contributed by atoms with Crippen molar-refractivity contribution in [3.05, 3.63) is 138 Å². The van der Waals surface area contributed by atoms with Crippen LogP contribution in [0.2, 0.25) is 0 Å². The lowest BCUT2D eigenvalue weighted by atomic mass is 9.96. The molecule has 0 aliphatic carbocycles. The first-order valence-corrected chi connectivity index (χ1v) is 13.2. The number of hydrogen-bond acceptors (Lipinski definition) is 3. The van der Waals surface area contributed by atoms with Gasteiger partial charge in [0.2, 0.25) is 0 Å². The molecule has 1 aliphatic heterocycles. The summed E-state index contributed by atoms with van der Waals surface area (Å²) in [5.74, 6) is 1.27. The van der Waals surface area contributed by atoms with Crippen molar-refractivity contribution in [2.24, 2.45) is 0 Å². The smallest absolute Gasteiger partial charge is 0.174 e. The highest BCUT2D eigenvalue weighted by Crippen LogP contribution is 2.44. The molecule has 1 aliphatic rings. The summed E-state index contributed by atoms with van der Waals surface area (Å²) in [6.07, 6.45) is 1.80. The van der Waals surface area contributed by atoms with Gasteiger partial charge in [-0.1, -0.05) is 24.3 Å². The van der Waals surface area contributed by atoms with E-state index in [0.717, 1.165) is 45.5 Å². The standard InChI is InChI=1S/C32H27FN4OS/c1-21-20-28(22(2)36(21)24-13-11-23(33)12-14-24)31-30(29-10-6-7-19-34-29)35-32(39)37(31)25-15-17-27(18-16-25)38-26-8-4-3-5-9-26/h3-20,30-31H,1-2H3,(H,35,39)/t30-,31+/m0/s1. The Morgan fingerprint density at radius 1 is 0.821 bits per heavy atom. The zero-order chi connectivity index (χ0) is 26.9. The quantitative estimate of drug-likeness (QED) is 0.227. The maximum atomic E-state index is 13.7. The molecule has 2 atom stereocenters. The van der Waals surface area contributed by atoms with Gasteiger partial charge in [-0.3, -0.25) is 4.98 Å². The maximum absolute atomic E-state index is 13.7. The van der Waals surface area contributed by atoms with Gasteiger partial charge in [0, 0.05) is 29.0 Å². The van der Waals surface area contributed by atoms with Crippen LogP contribution in [-0.2, 0) is 0 Å². The molecule has 0 bridgehead atoms. The average Bonchev–Trinajstić information content (AvgIpc) is 3.45. The average molecular weight is 535 g/mol. The van der Waals surface area contributed by atoms with Gasteiger partial charge in [-0.05, 0) is 110 Å². The van der Waals surface area contributed by atoms with Crippen LogP contribution in [0.25, 0.3) is 5.69 Å². The van der Waals surface area contributed by atoms with Crippen LogP contribution in [0, 0.1) is 19.7 Å². The summed E-state index contributed by atoms with van der Waals surface area (Å²) < 4.78 is 21.8. The van der Waals surface area contributed by atoms with E-state index in [1.807, 2.05) is 72.8 Å². The van der Waals surface area contributed by atoms with Crippen molar-refractivity contribution >= 4 is 23.0 Å². The fourth-order valence-corrected chi connectivity index (χ4v) is 5.67. The fourth-order valence-electron chi connectivity index (χ4n) is 5.32. The molecule has 0 amide bonds. The lowest BCUT2D eigenvalue weighted by Gasteiger charge is -2.28. The maximum Gasteiger partial charge on any atom is 0.174 e. The number of para-hydroxylation sites is 1. The van der Waals surface area contributed by atoms with Crippen LogP contribution in [-0.4, -0.2) is 14.7 Å². The first-order chi connectivity index (χ1) is 19.0. The van der Waals surface area contributed by atoms with Crippen molar-refractivity contribution in [2.75, 3.05) is 4.90 Å². The van der Waals surface area contributed by atoms with Crippen molar-refractivity contribution in [3.63, 3.8) is 0 Å². The molecule has 7 heteroatoms. The van der Waals surface area contributed by atoms with E-state index in [4.69, 9.17) is 17.0 Å². The van der Waals surface area contributed by atoms with Gasteiger partial charge in [-0.2, -0.15) is 0 Å². The van der Waals surface area contributed by atoms with E-state index in [-0.39, 0.29) is 17.9 Å². The molecule has 0 saturated carbocycles. The van der Waals surface area contributed by atoms with Gasteiger partial charge in [0.1, 0.15) is 17.3 Å². The molecule has 1 fully saturated rings. The van der Waals surface area contributed by atoms with Crippen molar-refractivity contribution < 1.29 is 9.13 Å². The SMILES string of the molecule is Cc1cc([C@@H]2[C@H](c3ccccn3)NC(=S)N2c2ccc(Oc3ccccc3)cc2)c(C)n1-c1ccc(F)cc1. The van der Waals surface area contributed by atoms with E-state index < -0.39 is 0 Å². The third-order valence-corrected chi connectivity index (χ3v) is 7.38. The number of halogens is 1. The minimum atomic E-state index is -0.257. The molecule has 0 radical (unpaired) electrons. The largest absolute Gasteiger partial charge is 0.457 e. The summed E-state index contributed by atoms with van der Waals surface area (Å²) in [7, 11) is 0. The normalized spacial score (nSPS) is 16.8. The van der Waals surface area contributed by atoms with Crippen molar-refractivity contribution in [2.45, 2.75) is 25.9 Å². The molecule has 5 aromatic rings. The van der Waals surface area contributed by atoms with Gasteiger partial charge in [-0.15, -0.1) is 0 Å². The molecule has 1 N–H and O–H groups in total. The zero-order valence-electron chi connectivity index (χ0n) is 21.6. The Bertz CT molecular complexity index is 1600. The topological polar surface area (TPSA) is 42.3 Å². The van der Waals surface area contributed by atoms with Crippen molar-refractivity contribution in [3.8, 4) is 17.2 Å². The van der Waals surface area contributed by atoms with Crippen LogP contribution in [0.5, 0.6) is 11.5 Å². The number of aromatic nitrogens is 2. The predicted octanol–water partition coefficient (Wildman–Crippen LogP) is 7.60. The Kier molecular flexibility index (Phi) is 6.59. The molecular formula is C32H27FN4OS. The summed E-state index contributed by atoms with van der Waals surface area (Å²) in [6.45, 7) is 4.16. The molecule has 2 aromatic heterocycles. The van der Waals surface area contributed by atoms with E-state index in [9.17, 15) is 4.39 Å². The molecular weight excluding hydrogens is 507 g/mol. The molecule has 1 saturated heterocycles. The Hall–Kier alpha value is -4.49. The molecule has 194 valence electrons. The van der Waals surface area contributed by atoms with Crippen molar-refractivity contribution in [1.29, 1.82) is 0 Å². The van der Waals surface area contributed by atoms with Gasteiger partial charge in [0.05, 0.1) is 17.8 Å². The number of pyridine rings is 1. The third kappa shape index (κ3) is 4.77. The van der Waals surface area contributed by atoms with Gasteiger partial charge < -0.3 is 19.5 Å². The third-order valence-electron chi connectivity index (χ3n) is 7.07. The Morgan fingerprint density at radius 3 is 2.18 bits per heavy atom. The Labute approximate surface area is 232 Å². The highest BCUT2D eigenvalue weighted by molar-refractivity contribution is 7.80. The zero-order valence-corrected chi connectivity index (χ0v) is 22.4. The molecule has 39 heavy (non-hydrogen) atoms. The summed E-state index contributed by atoms with van der Waals surface area (Å²) in [5, 5.41) is 4.15. The van der Waals surface area contributed by atoms with E-state index in [2.05, 4.69) is 39.7 Å². The minimum Gasteiger partial charge on any atom is -0.457 e. The lowest BCUT2D eigenvalue weighted by Crippen LogP contribution is -2.29. The summed E-state index contributed by atoms with van der Waals surface area (Å²) >= 11 is 5.91. The van der Waals surface area contributed by atoms with Crippen LogP contribution in [0.15, 0.2) is 109 Å². The summed E-state index contributed by atoms with van der Waals surface area (Å²) in [5.41, 5.74) is 5.99. The molecule has 3 aromatic carbocycles. The predicted molar refractivity (Wildman–Crippen MR) is 156 cm³/mol. The van der Waals surface area contributed by atoms with Crippen LogP contribution in [0.4, 0.5) is 10.1 Å². The van der Waals surface area contributed by atoms with Gasteiger partial charge >= 0.3 is 0 Å². The number of rotatable bonds is 6. The first-order valence-electron chi connectivity index (χ1n) is 12.8. The second kappa shape index (κ2) is 10.3. The van der Waals surface area contributed by atoms with Gasteiger partial charge in [0.15, 0.2) is 5.11 Å². The van der Waals surface area contributed by atoms with Crippen LogP contribution < -0.4 is 15.0 Å². The van der Waals surface area contributed by atoms with Crippen molar-refractivity contribution in [1.82, 2.24) is 14.9 Å². The van der Waals surface area contributed by atoms with Crippen LogP contribution in [0.1, 0.15) is 34.7 Å². The van der Waals surface area contributed by atoms with Crippen LogP contribution in [0.3, 0.4) is 0 Å². The second-order valence-corrected chi connectivity index (χ2v) is 9.93. The molecule has 6 rings (SSSR count). The van der Waals surface area contributed by atoms with Crippen LogP contribution >= 0.6 is 12.2 Å². The van der Waals surface area contributed by atoms with E-state index in [1.54, 1.807) is 18.3 Å². The minimum absolute atomic E-state index is 0.159. The van der Waals surface area contributed by atoms with Gasteiger partial charge in [0.25, 0.3) is 0 Å². The van der Waals surface area contributed by atoms with E-state index >= 15 is 0 Å². The molecule has 0 unspecified atom stereocenters. The van der Waals surface area contributed by atoms with E-state index in [0.29, 0.717) is 5.11 Å². The number of nitrogens with zero attached hydrogens (tertiary/aromatic N) is 3. The highest BCUT2D eigenvalue weighted by Gasteiger charge is 2.42. The fraction of sp³-hybridized carbons (Fsp3) is 0.125. The van der Waals surface area contributed by atoms with E-state index in [1.165, 1.54) is 12.1 Å². The Balaban J connectivity index is 1.41. The number of hydrogen-bond donors (Lipinski definition) is 1. The second-order valence-electron chi connectivity index (χ2n) is 9.54. The highest BCUT2D eigenvalue weighted by atomic mass is 32.1. The number of aryl methyl sites for hydroxylation is 1. The molecule has 3 heterocycles. The number of anilines is 1. The Morgan fingerprint density at radius 2 is 1.49 bits per heavy atom. The summed E-state index contributed by atoms with van der Waals surface area (Å²) in [4.78, 5) is 6.82. The number of benzene rings is 3. The number of nitrogens with one attached hydrogen (secondary N) is 1.